The average molecular weight is 1460 g/mol. The van der Waals surface area contributed by atoms with Crippen LogP contribution in [-0.4, -0.2) is 239 Å². The topological polar surface area (TPSA) is 225 Å². The highest BCUT2D eigenvalue weighted by atomic mass is 28.5. The van der Waals surface area contributed by atoms with Crippen LogP contribution in [0.2, 0.25) is 146 Å². The lowest BCUT2D eigenvalue weighted by atomic mass is 10.5. The smallest absolute Gasteiger partial charge is 0.439 e. The normalized spacial score (nSPS) is 13.4. The molecule has 22 nitrogen and oxygen atoms in total. The van der Waals surface area contributed by atoms with Crippen molar-refractivity contribution in [2.75, 3.05) is 125 Å². The summed E-state index contributed by atoms with van der Waals surface area (Å²) in [4.78, 5) is 0. The van der Waals surface area contributed by atoms with E-state index in [9.17, 15) is 0 Å². The van der Waals surface area contributed by atoms with Crippen LogP contribution < -0.4 is 0 Å². The van der Waals surface area contributed by atoms with Crippen LogP contribution in [0.4, 0.5) is 0 Å². The molecule has 34 heteroatoms. The van der Waals surface area contributed by atoms with Gasteiger partial charge in [0.05, 0.1) is 33.0 Å². The summed E-state index contributed by atoms with van der Waals surface area (Å²) < 4.78 is 118. The summed E-state index contributed by atoms with van der Waals surface area (Å²) in [6, 6.07) is 7.03. The van der Waals surface area contributed by atoms with Crippen molar-refractivity contribution in [3.8, 4) is 0 Å². The Hall–Kier alpha value is 1.46. The zero-order chi connectivity index (χ0) is 61.2. The molecule has 536 valence electrons. The van der Waals surface area contributed by atoms with Crippen molar-refractivity contribution >= 4 is 103 Å². The molecule has 2 atom stereocenters. The van der Waals surface area contributed by atoms with Crippen LogP contribution in [0.15, 0.2) is 12.7 Å². The van der Waals surface area contributed by atoms with Gasteiger partial charge in [-0.2, -0.15) is 0 Å². The molecule has 0 bridgehead atoms. The fourth-order valence-corrected chi connectivity index (χ4v) is 59.5. The molecule has 0 aliphatic heterocycles. The number of aliphatic hydroxyl groups is 2. The Morgan fingerprint density at radius 2 is 0.616 bits per heavy atom. The highest BCUT2D eigenvalue weighted by Crippen LogP contribution is 2.34. The van der Waals surface area contributed by atoms with Gasteiger partial charge in [-0.15, -0.1) is 6.58 Å². The lowest BCUT2D eigenvalue weighted by molar-refractivity contribution is 0.0918. The molecular weight excluding hydrogens is 1310 g/mol. The van der Waals surface area contributed by atoms with Crippen molar-refractivity contribution in [3.63, 3.8) is 0 Å². The molecule has 86 heavy (non-hydrogen) atoms. The Morgan fingerprint density at radius 1 is 0.337 bits per heavy atom. The van der Waals surface area contributed by atoms with E-state index in [1.807, 2.05) is 0 Å². The van der Waals surface area contributed by atoms with E-state index in [1.165, 1.54) is 0 Å². The Bertz CT molecular complexity index is 1490. The van der Waals surface area contributed by atoms with E-state index in [-0.39, 0.29) is 72.6 Å². The van der Waals surface area contributed by atoms with Crippen LogP contribution in [-0.2, 0) is 87.3 Å². The second-order valence-electron chi connectivity index (χ2n) is 21.9. The molecule has 0 heterocycles. The molecule has 0 aromatic carbocycles. The number of rotatable bonds is 46. The summed E-state index contributed by atoms with van der Waals surface area (Å²) in [5.41, 5.74) is 0. The van der Waals surface area contributed by atoms with E-state index < -0.39 is 103 Å². The summed E-state index contributed by atoms with van der Waals surface area (Å²) in [6.45, 7) is 35.7. The highest BCUT2D eigenvalue weighted by molar-refractivity contribution is 6.90. The van der Waals surface area contributed by atoms with Crippen molar-refractivity contribution in [1.29, 1.82) is 0 Å². The van der Waals surface area contributed by atoms with Gasteiger partial charge in [-0.3, -0.25) is 0 Å². The molecule has 0 spiro atoms. The van der Waals surface area contributed by atoms with E-state index in [0.29, 0.717) is 38.5 Å². The van der Waals surface area contributed by atoms with Crippen molar-refractivity contribution in [2.45, 2.75) is 212 Å². The van der Waals surface area contributed by atoms with E-state index in [2.05, 4.69) is 98.2 Å². The summed E-state index contributed by atoms with van der Waals surface area (Å²) >= 11 is 0. The molecule has 2 N–H and O–H groups in total. The minimum Gasteiger partial charge on any atom is -0.439 e. The SMILES string of the molecule is C.C.C.C.C.C.C.C.C=CCOCCO.CO[Si](CC[Si](C)(C)O[SiH](C)O[Si](C)(C)O[Si](C)(C)CC[Si](OC)(OC)OC)(OC)OC.CO[Si](CC[Si](C)(C)O[Si](C)(C)O[Si](C)(CCCOCCO)O[Si](C)(C)CC[Si](OC)(OC)OC)(OC)OC. The van der Waals surface area contributed by atoms with E-state index in [0.717, 1.165) is 48.7 Å². The summed E-state index contributed by atoms with van der Waals surface area (Å²) in [6.07, 6.45) is 2.44. The Kier molecular flexibility index (Phi) is 71.1. The van der Waals surface area contributed by atoms with E-state index in [1.54, 1.807) is 91.4 Å². The number of hydrogen-bond donors (Lipinski definition) is 2. The Labute approximate surface area is 547 Å². The van der Waals surface area contributed by atoms with Gasteiger partial charge >= 0.3 is 60.9 Å². The number of ether oxygens (including phenoxy) is 2. The van der Waals surface area contributed by atoms with Crippen molar-refractivity contribution < 1.29 is 97.5 Å². The predicted octanol–water partition coefficient (Wildman–Crippen LogP) is 13.4. The lowest BCUT2D eigenvalue weighted by Crippen LogP contribution is -2.58. The summed E-state index contributed by atoms with van der Waals surface area (Å²) in [7, 11) is -8.75. The zero-order valence-electron chi connectivity index (χ0n) is 53.7. The number of aliphatic hydroxyl groups excluding tert-OH is 2. The van der Waals surface area contributed by atoms with Gasteiger partial charge < -0.3 is 97.5 Å². The monoisotopic (exact) mass is 1460 g/mol. The summed E-state index contributed by atoms with van der Waals surface area (Å²) in [5, 5.41) is 17.2. The number of hydrogen-bond acceptors (Lipinski definition) is 22. The van der Waals surface area contributed by atoms with Gasteiger partial charge in [0.2, 0.25) is 0 Å². The molecule has 0 aliphatic carbocycles. The third-order valence-electron chi connectivity index (χ3n) is 12.4. The largest absolute Gasteiger partial charge is 0.499 e. The molecule has 0 aromatic heterocycles. The average Bonchev–Trinajstić information content (AvgIpc) is 3.35. The van der Waals surface area contributed by atoms with Gasteiger partial charge in [-0.05, 0) is 128 Å². The van der Waals surface area contributed by atoms with Crippen LogP contribution in [0.1, 0.15) is 65.8 Å². The third kappa shape index (κ3) is 49.1. The molecule has 0 amide bonds. The van der Waals surface area contributed by atoms with Gasteiger partial charge in [0, 0.05) is 116 Å². The second kappa shape index (κ2) is 54.7. The molecule has 0 radical (unpaired) electrons. The van der Waals surface area contributed by atoms with Crippen LogP contribution in [0.3, 0.4) is 0 Å². The molecular formula is C52H148O22Si12. The van der Waals surface area contributed by atoms with Gasteiger partial charge in [-0.25, -0.2) is 0 Å². The predicted molar refractivity (Wildman–Crippen MR) is 391 cm³/mol. The molecule has 0 saturated heterocycles. The maximum absolute atomic E-state index is 9.05. The first kappa shape index (κ1) is 112. The van der Waals surface area contributed by atoms with Crippen molar-refractivity contribution in [2.24, 2.45) is 0 Å². The first-order valence-corrected chi connectivity index (χ1v) is 57.2. The molecule has 0 aliphatic rings. The fourth-order valence-electron chi connectivity index (χ4n) is 8.62. The van der Waals surface area contributed by atoms with E-state index >= 15 is 0 Å². The van der Waals surface area contributed by atoms with Crippen LogP contribution >= 0.6 is 0 Å². The minimum absolute atomic E-state index is 0. The van der Waals surface area contributed by atoms with Crippen molar-refractivity contribution in [1.82, 2.24) is 0 Å². The van der Waals surface area contributed by atoms with Crippen LogP contribution in [0, 0.1) is 0 Å². The lowest BCUT2D eigenvalue weighted by Gasteiger charge is -2.43. The second-order valence-corrected chi connectivity index (χ2v) is 65.0. The maximum Gasteiger partial charge on any atom is 0.499 e. The van der Waals surface area contributed by atoms with Crippen LogP contribution in [0.25, 0.3) is 0 Å². The van der Waals surface area contributed by atoms with Crippen LogP contribution in [0.5, 0.6) is 0 Å². The zero-order valence-corrected chi connectivity index (χ0v) is 65.9. The Balaban J connectivity index is -0.000000122. The first-order valence-electron chi connectivity index (χ1n) is 26.7. The van der Waals surface area contributed by atoms with Crippen molar-refractivity contribution in [3.05, 3.63) is 12.7 Å². The van der Waals surface area contributed by atoms with E-state index in [4.69, 9.17) is 97.5 Å². The maximum atomic E-state index is 9.05. The van der Waals surface area contributed by atoms with Gasteiger partial charge in [-0.1, -0.05) is 65.5 Å². The minimum atomic E-state index is -2.71. The molecule has 0 aromatic rings. The third-order valence-corrected chi connectivity index (χ3v) is 55.9. The molecule has 0 rings (SSSR count). The molecule has 0 fully saturated rings. The standard InChI is InChI=1S/C22H58O11Si6.C17H48O9Si6.C5H10O2.8CH4/c1-24-38(25-2,26-3)21-19-34(7,8)31-36(11,12)33-37(13,18-14-16-30-17-15-23)32-35(9,10)20-22-39(27-4,28-5)29-6;1-18-31(19-2,20-3)16-14-28(8,9)24-27(7)25-30(12,13)26-29(10,11)15-17-32(21-4,22-5)23-6;1-2-4-7-5-3-6;;;;;;;;/h23H,14-22H2,1-13H3;27H,14-17H2,1-13H3;2,6H,1,3-5H2;8*1H4. The molecule has 0 saturated carbocycles. The first-order chi connectivity index (χ1) is 36.0. The van der Waals surface area contributed by atoms with Gasteiger partial charge in [0.15, 0.2) is 33.3 Å². The fraction of sp³-hybridized carbons (Fsp3) is 0.962. The van der Waals surface area contributed by atoms with Gasteiger partial charge in [0.1, 0.15) is 0 Å². The molecule has 2 unspecified atom stereocenters. The Morgan fingerprint density at radius 3 is 0.907 bits per heavy atom. The van der Waals surface area contributed by atoms with Gasteiger partial charge in [0.25, 0.3) is 9.28 Å². The highest BCUT2D eigenvalue weighted by Gasteiger charge is 2.50. The summed E-state index contributed by atoms with van der Waals surface area (Å²) in [5.74, 6) is 0. The quantitative estimate of drug-likeness (QED) is 0.0328.